The fourth-order valence-corrected chi connectivity index (χ4v) is 3.97. The average molecular weight is 416 g/mol. The van der Waals surface area contributed by atoms with E-state index in [0.717, 1.165) is 29.8 Å². The Labute approximate surface area is 184 Å². The molecule has 3 aromatic rings. The first-order valence-corrected chi connectivity index (χ1v) is 10.7. The van der Waals surface area contributed by atoms with Crippen LogP contribution in [0.15, 0.2) is 73.1 Å². The summed E-state index contributed by atoms with van der Waals surface area (Å²) in [4.78, 5) is 21.4. The monoisotopic (exact) mass is 415 g/mol. The highest BCUT2D eigenvalue weighted by atomic mass is 16.6. The van der Waals surface area contributed by atoms with E-state index in [-0.39, 0.29) is 6.09 Å². The van der Waals surface area contributed by atoms with Crippen molar-refractivity contribution >= 4 is 17.5 Å². The van der Waals surface area contributed by atoms with Gasteiger partial charge in [-0.05, 0) is 56.0 Å². The maximum absolute atomic E-state index is 13.1. The largest absolute Gasteiger partial charge is 0.444 e. The van der Waals surface area contributed by atoms with Crippen LogP contribution in [0.3, 0.4) is 0 Å². The minimum absolute atomic E-state index is 0.303. The third-order valence-electron chi connectivity index (χ3n) is 5.28. The van der Waals surface area contributed by atoms with Crippen molar-refractivity contribution in [1.82, 2.24) is 9.88 Å². The fraction of sp³-hybridized carbons (Fsp3) is 0.308. The molecule has 5 heteroatoms. The number of carbonyl (C=O) groups excluding carboxylic acids is 1. The number of fused-ring (bicyclic) bond motifs is 1. The van der Waals surface area contributed by atoms with Crippen LogP contribution in [0.5, 0.6) is 0 Å². The molecule has 31 heavy (non-hydrogen) atoms. The van der Waals surface area contributed by atoms with Crippen molar-refractivity contribution in [2.24, 2.45) is 0 Å². The molecule has 0 saturated heterocycles. The third kappa shape index (κ3) is 5.05. The molecule has 0 fully saturated rings. The number of carbonyl (C=O) groups is 1. The predicted octanol–water partition coefficient (Wildman–Crippen LogP) is 5.71. The highest BCUT2D eigenvalue weighted by molar-refractivity contribution is 5.74. The molecule has 0 saturated carbocycles. The number of rotatable bonds is 5. The van der Waals surface area contributed by atoms with Crippen molar-refractivity contribution in [3.8, 4) is 0 Å². The lowest BCUT2D eigenvalue weighted by atomic mass is 10.1. The number of hydrogen-bond acceptors (Lipinski definition) is 4. The van der Waals surface area contributed by atoms with E-state index in [1.165, 1.54) is 11.3 Å². The standard InChI is InChI=1S/C26H29N3O2/c1-26(2,3)31-25(30)28(18-20-8-5-4-6-9-20)19-22-11-7-10-21-14-17-29(24(21)22)23-12-15-27-16-13-23/h4-13,15-16H,14,17-19H2,1-3H3. The second-order valence-electron chi connectivity index (χ2n) is 8.85. The molecule has 0 unspecified atom stereocenters. The molecule has 0 bridgehead atoms. The number of para-hydroxylation sites is 1. The Bertz CT molecular complexity index is 1030. The number of benzene rings is 2. The van der Waals surface area contributed by atoms with Crippen molar-refractivity contribution in [2.75, 3.05) is 11.4 Å². The fourth-order valence-electron chi connectivity index (χ4n) is 3.97. The van der Waals surface area contributed by atoms with Gasteiger partial charge in [0.2, 0.25) is 0 Å². The first-order valence-electron chi connectivity index (χ1n) is 10.7. The molecule has 2 aromatic carbocycles. The smallest absolute Gasteiger partial charge is 0.410 e. The van der Waals surface area contributed by atoms with Gasteiger partial charge in [0.25, 0.3) is 0 Å². The third-order valence-corrected chi connectivity index (χ3v) is 5.28. The zero-order valence-electron chi connectivity index (χ0n) is 18.4. The zero-order valence-corrected chi connectivity index (χ0v) is 18.4. The summed E-state index contributed by atoms with van der Waals surface area (Å²) in [7, 11) is 0. The number of pyridine rings is 1. The van der Waals surface area contributed by atoms with E-state index in [1.807, 2.05) is 75.6 Å². The molecule has 0 spiro atoms. The minimum atomic E-state index is -0.548. The predicted molar refractivity (Wildman–Crippen MR) is 123 cm³/mol. The second-order valence-corrected chi connectivity index (χ2v) is 8.85. The van der Waals surface area contributed by atoms with E-state index in [9.17, 15) is 4.79 Å². The first-order chi connectivity index (χ1) is 14.9. The summed E-state index contributed by atoms with van der Waals surface area (Å²) in [5, 5.41) is 0. The number of ether oxygens (including phenoxy) is 1. The lowest BCUT2D eigenvalue weighted by Gasteiger charge is -2.29. The van der Waals surface area contributed by atoms with Crippen LogP contribution in [-0.2, 0) is 24.2 Å². The molecule has 4 rings (SSSR count). The summed E-state index contributed by atoms with van der Waals surface area (Å²) in [6.45, 7) is 7.59. The second kappa shape index (κ2) is 8.80. The summed E-state index contributed by atoms with van der Waals surface area (Å²) in [6.07, 6.45) is 4.32. The quantitative estimate of drug-likeness (QED) is 0.535. The highest BCUT2D eigenvalue weighted by Gasteiger charge is 2.27. The number of nitrogens with zero attached hydrogens (tertiary/aromatic N) is 3. The lowest BCUT2D eigenvalue weighted by molar-refractivity contribution is 0.0217. The number of hydrogen-bond donors (Lipinski definition) is 0. The van der Waals surface area contributed by atoms with Crippen molar-refractivity contribution < 1.29 is 9.53 Å². The summed E-state index contributed by atoms with van der Waals surface area (Å²) in [5.41, 5.74) is 5.26. The maximum atomic E-state index is 13.1. The molecule has 1 aliphatic rings. The Balaban J connectivity index is 1.66. The van der Waals surface area contributed by atoms with Gasteiger partial charge in [-0.2, -0.15) is 0 Å². The molecule has 1 aliphatic heterocycles. The van der Waals surface area contributed by atoms with Gasteiger partial charge in [-0.25, -0.2) is 4.79 Å². The summed E-state index contributed by atoms with van der Waals surface area (Å²) < 4.78 is 5.74. The van der Waals surface area contributed by atoms with Crippen LogP contribution in [0.4, 0.5) is 16.2 Å². The summed E-state index contributed by atoms with van der Waals surface area (Å²) in [6, 6.07) is 20.5. The topological polar surface area (TPSA) is 45.7 Å². The Morgan fingerprint density at radius 2 is 1.74 bits per heavy atom. The van der Waals surface area contributed by atoms with Crippen LogP contribution in [-0.4, -0.2) is 28.1 Å². The summed E-state index contributed by atoms with van der Waals surface area (Å²) in [5.74, 6) is 0. The lowest BCUT2D eigenvalue weighted by Crippen LogP contribution is -2.36. The van der Waals surface area contributed by atoms with E-state index in [1.54, 1.807) is 4.90 Å². The van der Waals surface area contributed by atoms with E-state index in [0.29, 0.717) is 13.1 Å². The number of anilines is 2. The minimum Gasteiger partial charge on any atom is -0.444 e. The molecule has 0 radical (unpaired) electrons. The van der Waals surface area contributed by atoms with Gasteiger partial charge in [0.15, 0.2) is 0 Å². The maximum Gasteiger partial charge on any atom is 0.410 e. The average Bonchev–Trinajstić information content (AvgIpc) is 3.19. The SMILES string of the molecule is CC(C)(C)OC(=O)N(Cc1ccccc1)Cc1cccc2c1N(c1ccncc1)CC2. The molecule has 5 nitrogen and oxygen atoms in total. The molecular formula is C26H29N3O2. The van der Waals surface area contributed by atoms with Crippen molar-refractivity contribution in [3.05, 3.63) is 89.7 Å². The van der Waals surface area contributed by atoms with E-state index >= 15 is 0 Å². The van der Waals surface area contributed by atoms with Crippen molar-refractivity contribution in [1.29, 1.82) is 0 Å². The van der Waals surface area contributed by atoms with Crippen molar-refractivity contribution in [3.63, 3.8) is 0 Å². The van der Waals surface area contributed by atoms with Gasteiger partial charge < -0.3 is 9.64 Å². The summed E-state index contributed by atoms with van der Waals surface area (Å²) >= 11 is 0. The number of amides is 1. The normalized spacial score (nSPS) is 13.1. The van der Waals surface area contributed by atoms with Gasteiger partial charge in [-0.1, -0.05) is 48.5 Å². The van der Waals surface area contributed by atoms with E-state index in [4.69, 9.17) is 4.74 Å². The van der Waals surface area contributed by atoms with Crippen LogP contribution in [0.1, 0.15) is 37.5 Å². The molecule has 0 N–H and O–H groups in total. The van der Waals surface area contributed by atoms with Crippen LogP contribution in [0.2, 0.25) is 0 Å². The molecular weight excluding hydrogens is 386 g/mol. The molecule has 1 aromatic heterocycles. The van der Waals surface area contributed by atoms with E-state index in [2.05, 4.69) is 28.1 Å². The Kier molecular flexibility index (Phi) is 5.94. The van der Waals surface area contributed by atoms with Crippen molar-refractivity contribution in [2.45, 2.75) is 45.9 Å². The molecule has 1 amide bonds. The van der Waals surface area contributed by atoms with Gasteiger partial charge in [-0.15, -0.1) is 0 Å². The Hall–Kier alpha value is -3.34. The Morgan fingerprint density at radius 1 is 1.00 bits per heavy atom. The van der Waals surface area contributed by atoms with Gasteiger partial charge in [0.05, 0.1) is 6.54 Å². The first kappa shape index (κ1) is 20.9. The molecule has 0 atom stereocenters. The van der Waals surface area contributed by atoms with Gasteiger partial charge in [-0.3, -0.25) is 9.88 Å². The Morgan fingerprint density at radius 3 is 2.45 bits per heavy atom. The van der Waals surface area contributed by atoms with Gasteiger partial charge in [0.1, 0.15) is 5.60 Å². The van der Waals surface area contributed by atoms with Gasteiger partial charge >= 0.3 is 6.09 Å². The zero-order chi connectivity index (χ0) is 21.8. The van der Waals surface area contributed by atoms with Gasteiger partial charge in [0, 0.05) is 36.9 Å². The number of aromatic nitrogens is 1. The van der Waals surface area contributed by atoms with Crippen LogP contribution in [0, 0.1) is 0 Å². The molecule has 0 aliphatic carbocycles. The van der Waals surface area contributed by atoms with Crippen LogP contribution >= 0.6 is 0 Å². The molecule has 160 valence electrons. The highest BCUT2D eigenvalue weighted by Crippen LogP contribution is 2.38. The van der Waals surface area contributed by atoms with Crippen LogP contribution in [0.25, 0.3) is 0 Å². The van der Waals surface area contributed by atoms with E-state index < -0.39 is 5.60 Å². The van der Waals surface area contributed by atoms with Crippen LogP contribution < -0.4 is 4.90 Å². The molecule has 2 heterocycles.